The van der Waals surface area contributed by atoms with E-state index in [1.807, 2.05) is 27.8 Å². The summed E-state index contributed by atoms with van der Waals surface area (Å²) in [4.78, 5) is 0. The van der Waals surface area contributed by atoms with Crippen LogP contribution in [0.1, 0.15) is 32.4 Å². The third-order valence-electron chi connectivity index (χ3n) is 2.41. The lowest BCUT2D eigenvalue weighted by molar-refractivity contribution is 0.231. The summed E-state index contributed by atoms with van der Waals surface area (Å²) in [6.45, 7) is 6.55. The first-order chi connectivity index (χ1) is 9.16. The fraction of sp³-hybridized carbons (Fsp3) is 0.700. The standard InChI is InChI=1S/C8H17N9.C2H6/c1-6-8(12-14-10-6)17(9)5-3-4-7-11-15-16(2)13-7;1-2/h15H,3-5,9H2,1-2H3,(H,11,13)(H,10,12,14);1-2H3. The number of H-pyrrole nitrogens is 1. The summed E-state index contributed by atoms with van der Waals surface area (Å²) in [5.41, 5.74) is 6.63. The fourth-order valence-corrected chi connectivity index (χ4v) is 1.56. The van der Waals surface area contributed by atoms with Crippen LogP contribution in [0.5, 0.6) is 0 Å². The van der Waals surface area contributed by atoms with Crippen molar-refractivity contribution in [1.29, 1.82) is 0 Å². The van der Waals surface area contributed by atoms with Crippen molar-refractivity contribution >= 4 is 11.7 Å². The van der Waals surface area contributed by atoms with Gasteiger partial charge >= 0.3 is 0 Å². The number of anilines is 1. The Morgan fingerprint density at radius 1 is 1.32 bits per heavy atom. The lowest BCUT2D eigenvalue weighted by Crippen LogP contribution is -2.38. The van der Waals surface area contributed by atoms with E-state index in [0.29, 0.717) is 12.4 Å². The molecule has 108 valence electrons. The van der Waals surface area contributed by atoms with Gasteiger partial charge in [-0.1, -0.05) is 13.8 Å². The number of hydrogen-bond acceptors (Lipinski definition) is 8. The second-order valence-electron chi connectivity index (χ2n) is 3.86. The highest BCUT2D eigenvalue weighted by atomic mass is 15.9. The molecule has 0 spiro atoms. The molecule has 9 heteroatoms. The number of nitrogens with zero attached hydrogens (tertiary/aromatic N) is 5. The third-order valence-corrected chi connectivity index (χ3v) is 2.41. The Hall–Kier alpha value is -1.87. The van der Waals surface area contributed by atoms with Crippen molar-refractivity contribution in [2.75, 3.05) is 18.6 Å². The van der Waals surface area contributed by atoms with Gasteiger partial charge in [0.15, 0.2) is 5.82 Å². The molecule has 0 bridgehead atoms. The zero-order valence-electron chi connectivity index (χ0n) is 11.9. The van der Waals surface area contributed by atoms with Crippen LogP contribution in [0.3, 0.4) is 0 Å². The largest absolute Gasteiger partial charge is 0.292 e. The Morgan fingerprint density at radius 2 is 2.05 bits per heavy atom. The average molecular weight is 269 g/mol. The SMILES string of the molecule is CC.Cc1n[nH]nc1N(N)CCCC1=NNN(C)N1. The molecule has 1 aromatic rings. The maximum atomic E-state index is 5.88. The number of rotatable bonds is 5. The Kier molecular flexibility index (Phi) is 6.03. The van der Waals surface area contributed by atoms with Crippen LogP contribution in [0.4, 0.5) is 5.82 Å². The average Bonchev–Trinajstić information content (AvgIpc) is 3.01. The highest BCUT2D eigenvalue weighted by Gasteiger charge is 2.12. The Bertz CT molecular complexity index is 399. The van der Waals surface area contributed by atoms with Gasteiger partial charge in [-0.15, -0.1) is 15.3 Å². The van der Waals surface area contributed by atoms with Crippen LogP contribution in [0.15, 0.2) is 5.10 Å². The zero-order valence-corrected chi connectivity index (χ0v) is 11.9. The van der Waals surface area contributed by atoms with Crippen molar-refractivity contribution in [3.8, 4) is 0 Å². The van der Waals surface area contributed by atoms with Crippen LogP contribution in [-0.2, 0) is 0 Å². The van der Waals surface area contributed by atoms with Gasteiger partial charge in [0.1, 0.15) is 11.5 Å². The van der Waals surface area contributed by atoms with Gasteiger partial charge in [0.05, 0.1) is 0 Å². The van der Waals surface area contributed by atoms with E-state index in [0.717, 1.165) is 24.4 Å². The number of nitrogens with one attached hydrogen (secondary N) is 3. The number of hydrazone groups is 1. The Balaban J connectivity index is 0.000000861. The van der Waals surface area contributed by atoms with Crippen molar-refractivity contribution in [3.05, 3.63) is 5.69 Å². The van der Waals surface area contributed by atoms with Crippen molar-refractivity contribution in [3.63, 3.8) is 0 Å². The van der Waals surface area contributed by atoms with E-state index in [-0.39, 0.29) is 0 Å². The van der Waals surface area contributed by atoms with E-state index < -0.39 is 0 Å². The first kappa shape index (κ1) is 15.2. The van der Waals surface area contributed by atoms with Crippen molar-refractivity contribution < 1.29 is 0 Å². The van der Waals surface area contributed by atoms with Crippen molar-refractivity contribution in [2.24, 2.45) is 10.9 Å². The van der Waals surface area contributed by atoms with Gasteiger partial charge in [0, 0.05) is 20.0 Å². The predicted octanol–water partition coefficient (Wildman–Crippen LogP) is -0.132. The molecule has 2 rings (SSSR count). The van der Waals surface area contributed by atoms with Crippen LogP contribution >= 0.6 is 0 Å². The van der Waals surface area contributed by atoms with Crippen LogP contribution in [0.25, 0.3) is 0 Å². The monoisotopic (exact) mass is 269 g/mol. The van der Waals surface area contributed by atoms with Gasteiger partial charge in [-0.2, -0.15) is 10.3 Å². The van der Waals surface area contributed by atoms with E-state index in [1.165, 1.54) is 0 Å². The molecule has 0 aliphatic carbocycles. The molecule has 1 aliphatic rings. The van der Waals surface area contributed by atoms with Crippen molar-refractivity contribution in [2.45, 2.75) is 33.6 Å². The van der Waals surface area contributed by atoms with E-state index in [4.69, 9.17) is 5.84 Å². The summed E-state index contributed by atoms with van der Waals surface area (Å²) in [6, 6.07) is 0. The van der Waals surface area contributed by atoms with Crippen LogP contribution in [-0.4, -0.2) is 40.0 Å². The quantitative estimate of drug-likeness (QED) is 0.435. The molecule has 0 amide bonds. The number of aryl methyl sites for hydroxylation is 1. The lowest BCUT2D eigenvalue weighted by atomic mass is 10.3. The molecule has 1 aliphatic heterocycles. The minimum absolute atomic E-state index is 0.682. The highest BCUT2D eigenvalue weighted by Crippen LogP contribution is 2.10. The molecule has 19 heavy (non-hydrogen) atoms. The van der Waals surface area contributed by atoms with Crippen LogP contribution in [0, 0.1) is 6.92 Å². The molecule has 0 atom stereocenters. The van der Waals surface area contributed by atoms with E-state index in [1.54, 1.807) is 10.1 Å². The molecular weight excluding hydrogens is 246 g/mol. The van der Waals surface area contributed by atoms with Crippen molar-refractivity contribution in [1.82, 2.24) is 31.5 Å². The van der Waals surface area contributed by atoms with Gasteiger partial charge in [-0.3, -0.25) is 10.4 Å². The number of nitrogens with two attached hydrogens (primary N) is 1. The summed E-state index contributed by atoms with van der Waals surface area (Å²) in [6.07, 6.45) is 1.70. The number of hydrogen-bond donors (Lipinski definition) is 4. The first-order valence-corrected chi connectivity index (χ1v) is 6.39. The summed E-state index contributed by atoms with van der Waals surface area (Å²) in [5.74, 6) is 7.46. The second kappa shape index (κ2) is 7.54. The smallest absolute Gasteiger partial charge is 0.187 e. The summed E-state index contributed by atoms with van der Waals surface area (Å²) >= 11 is 0. The third kappa shape index (κ3) is 4.38. The predicted molar refractivity (Wildman–Crippen MR) is 74.7 cm³/mol. The van der Waals surface area contributed by atoms with Crippen LogP contribution < -0.4 is 21.8 Å². The molecule has 5 N–H and O–H groups in total. The molecule has 9 nitrogen and oxygen atoms in total. The van der Waals surface area contributed by atoms with Gasteiger partial charge < -0.3 is 0 Å². The molecule has 2 heterocycles. The lowest BCUT2D eigenvalue weighted by Gasteiger charge is -2.15. The molecule has 0 saturated heterocycles. The van der Waals surface area contributed by atoms with E-state index in [2.05, 4.69) is 31.5 Å². The van der Waals surface area contributed by atoms with E-state index in [9.17, 15) is 0 Å². The maximum Gasteiger partial charge on any atom is 0.187 e. The Morgan fingerprint density at radius 3 is 2.58 bits per heavy atom. The number of aromatic nitrogens is 3. The van der Waals surface area contributed by atoms with Crippen LogP contribution in [0.2, 0.25) is 0 Å². The molecule has 0 saturated carbocycles. The minimum atomic E-state index is 0.682. The first-order valence-electron chi connectivity index (χ1n) is 6.39. The summed E-state index contributed by atoms with van der Waals surface area (Å²) in [7, 11) is 1.85. The summed E-state index contributed by atoms with van der Waals surface area (Å²) in [5, 5.41) is 17.8. The van der Waals surface area contributed by atoms with Gasteiger partial charge in [0.2, 0.25) is 0 Å². The zero-order chi connectivity index (χ0) is 14.3. The highest BCUT2D eigenvalue weighted by molar-refractivity contribution is 5.82. The van der Waals surface area contributed by atoms with E-state index >= 15 is 0 Å². The minimum Gasteiger partial charge on any atom is -0.292 e. The second-order valence-corrected chi connectivity index (χ2v) is 3.86. The topological polar surface area (TPSA) is 110 Å². The molecule has 0 fully saturated rings. The molecule has 0 unspecified atom stereocenters. The number of hydrazine groups is 3. The normalized spacial score (nSPS) is 14.1. The summed E-state index contributed by atoms with van der Waals surface area (Å²) < 4.78 is 0. The van der Waals surface area contributed by atoms with Gasteiger partial charge in [-0.25, -0.2) is 11.4 Å². The molecular formula is C10H23N9. The fourth-order valence-electron chi connectivity index (χ4n) is 1.56. The van der Waals surface area contributed by atoms with Gasteiger partial charge in [0.25, 0.3) is 0 Å². The molecule has 0 radical (unpaired) electrons. The van der Waals surface area contributed by atoms with Gasteiger partial charge in [-0.05, 0) is 13.3 Å². The number of amidine groups is 1. The Labute approximate surface area is 113 Å². The molecule has 1 aromatic heterocycles. The number of aromatic amines is 1. The molecule has 0 aromatic carbocycles. The maximum absolute atomic E-state index is 5.88.